The van der Waals surface area contributed by atoms with Gasteiger partial charge in [-0.05, 0) is 66.1 Å². The van der Waals surface area contributed by atoms with Crippen LogP contribution < -0.4 is 5.32 Å². The molecule has 5 nitrogen and oxygen atoms in total. The molecule has 0 saturated heterocycles. The van der Waals surface area contributed by atoms with Crippen molar-refractivity contribution in [3.05, 3.63) is 23.0 Å². The Labute approximate surface area is 141 Å². The Kier molecular flexibility index (Phi) is 7.13. The van der Waals surface area contributed by atoms with Gasteiger partial charge in [-0.1, -0.05) is 0 Å². The molecule has 0 unspecified atom stereocenters. The van der Waals surface area contributed by atoms with Gasteiger partial charge in [0.2, 0.25) is 0 Å². The van der Waals surface area contributed by atoms with Crippen LogP contribution in [0.4, 0.5) is 4.79 Å². The van der Waals surface area contributed by atoms with E-state index < -0.39 is 5.60 Å². The van der Waals surface area contributed by atoms with E-state index in [1.165, 1.54) is 17.0 Å². The van der Waals surface area contributed by atoms with Crippen molar-refractivity contribution in [1.82, 2.24) is 14.8 Å². The molecule has 0 aromatic carbocycles. The second kappa shape index (κ2) is 8.39. The number of ether oxygens (including phenoxy) is 1. The summed E-state index contributed by atoms with van der Waals surface area (Å²) in [5.74, 6) is 0. The molecule has 0 aliphatic rings. The van der Waals surface area contributed by atoms with Crippen LogP contribution in [-0.4, -0.2) is 41.3 Å². The van der Waals surface area contributed by atoms with Gasteiger partial charge in [-0.2, -0.15) is 0 Å². The molecule has 0 aliphatic heterocycles. The fourth-order valence-electron chi connectivity index (χ4n) is 2.63. The summed E-state index contributed by atoms with van der Waals surface area (Å²) in [5.41, 5.74) is 3.56. The normalized spacial score (nSPS) is 11.6. The summed E-state index contributed by atoms with van der Waals surface area (Å²) in [6.45, 7) is 15.6. The zero-order valence-electron chi connectivity index (χ0n) is 15.8. The van der Waals surface area contributed by atoms with E-state index in [9.17, 15) is 4.79 Å². The van der Waals surface area contributed by atoms with Crippen molar-refractivity contribution in [1.29, 1.82) is 0 Å². The van der Waals surface area contributed by atoms with Gasteiger partial charge in [0.05, 0.1) is 0 Å². The molecule has 23 heavy (non-hydrogen) atoms. The van der Waals surface area contributed by atoms with Crippen LogP contribution in [0.3, 0.4) is 0 Å². The minimum atomic E-state index is -0.439. The Bertz CT molecular complexity index is 515. The van der Waals surface area contributed by atoms with Crippen molar-refractivity contribution in [2.75, 3.05) is 20.1 Å². The lowest BCUT2D eigenvalue weighted by Gasteiger charge is -2.24. The molecule has 0 atom stereocenters. The SMILES string of the molecule is CCn1c(C)cc(CNCCCN(C)C(=O)OC(C)(C)C)c1C. The summed E-state index contributed by atoms with van der Waals surface area (Å²) >= 11 is 0. The molecule has 0 aliphatic carbocycles. The molecular formula is C18H33N3O2. The number of nitrogens with one attached hydrogen (secondary N) is 1. The molecule has 0 fully saturated rings. The third kappa shape index (κ3) is 6.26. The summed E-state index contributed by atoms with van der Waals surface area (Å²) in [7, 11) is 1.78. The van der Waals surface area contributed by atoms with Crippen LogP contribution in [0.1, 0.15) is 51.1 Å². The van der Waals surface area contributed by atoms with Gasteiger partial charge < -0.3 is 19.5 Å². The highest BCUT2D eigenvalue weighted by molar-refractivity contribution is 5.67. The highest BCUT2D eigenvalue weighted by Gasteiger charge is 2.19. The second-order valence-electron chi connectivity index (χ2n) is 7.07. The zero-order valence-corrected chi connectivity index (χ0v) is 15.8. The predicted octanol–water partition coefficient (Wildman–Crippen LogP) is 3.47. The van der Waals surface area contributed by atoms with Crippen molar-refractivity contribution in [2.24, 2.45) is 0 Å². The number of aromatic nitrogens is 1. The van der Waals surface area contributed by atoms with Crippen molar-refractivity contribution in [2.45, 2.75) is 66.7 Å². The first-order chi connectivity index (χ1) is 10.7. The molecule has 0 bridgehead atoms. The molecule has 1 rings (SSSR count). The minimum Gasteiger partial charge on any atom is -0.444 e. The molecule has 0 radical (unpaired) electrons. The standard InChI is InChI=1S/C18H33N3O2/c1-8-21-14(2)12-16(15(21)3)13-19-10-9-11-20(7)17(22)23-18(4,5)6/h12,19H,8-11,13H2,1-7H3. The fraction of sp³-hybridized carbons (Fsp3) is 0.722. The lowest BCUT2D eigenvalue weighted by Crippen LogP contribution is -2.35. The van der Waals surface area contributed by atoms with Crippen LogP contribution in [0.25, 0.3) is 0 Å². The molecule has 0 saturated carbocycles. The Balaban J connectivity index is 2.29. The summed E-state index contributed by atoms with van der Waals surface area (Å²) in [6, 6.07) is 2.25. The maximum atomic E-state index is 11.8. The second-order valence-corrected chi connectivity index (χ2v) is 7.07. The third-order valence-corrected chi connectivity index (χ3v) is 3.86. The van der Waals surface area contributed by atoms with Crippen LogP contribution in [0.2, 0.25) is 0 Å². The quantitative estimate of drug-likeness (QED) is 0.782. The van der Waals surface area contributed by atoms with E-state index in [2.05, 4.69) is 36.7 Å². The van der Waals surface area contributed by atoms with E-state index in [0.717, 1.165) is 26.1 Å². The number of aryl methyl sites for hydroxylation is 1. The maximum absolute atomic E-state index is 11.8. The average molecular weight is 323 g/mol. The van der Waals surface area contributed by atoms with Crippen molar-refractivity contribution in [3.63, 3.8) is 0 Å². The van der Waals surface area contributed by atoms with Gasteiger partial charge >= 0.3 is 6.09 Å². The smallest absolute Gasteiger partial charge is 0.410 e. The molecule has 1 aromatic heterocycles. The zero-order chi connectivity index (χ0) is 17.6. The van der Waals surface area contributed by atoms with Gasteiger partial charge in [0.25, 0.3) is 0 Å². The fourth-order valence-corrected chi connectivity index (χ4v) is 2.63. The highest BCUT2D eigenvalue weighted by atomic mass is 16.6. The Hall–Kier alpha value is -1.49. The van der Waals surface area contributed by atoms with Crippen LogP contribution in [0.5, 0.6) is 0 Å². The molecule has 0 spiro atoms. The monoisotopic (exact) mass is 323 g/mol. The third-order valence-electron chi connectivity index (χ3n) is 3.86. The van der Waals surface area contributed by atoms with Gasteiger partial charge in [-0.3, -0.25) is 0 Å². The molecule has 1 amide bonds. The van der Waals surface area contributed by atoms with E-state index in [1.54, 1.807) is 11.9 Å². The first-order valence-electron chi connectivity index (χ1n) is 8.46. The summed E-state index contributed by atoms with van der Waals surface area (Å²) in [6.07, 6.45) is 0.645. The molecule has 132 valence electrons. The molecule has 5 heteroatoms. The van der Waals surface area contributed by atoms with Gasteiger partial charge in [0, 0.05) is 38.1 Å². The molecule has 1 heterocycles. The Morgan fingerprint density at radius 2 is 2.00 bits per heavy atom. The van der Waals surface area contributed by atoms with Gasteiger partial charge in [0.1, 0.15) is 5.60 Å². The number of hydrogen-bond acceptors (Lipinski definition) is 3. The Morgan fingerprint density at radius 3 is 2.52 bits per heavy atom. The van der Waals surface area contributed by atoms with E-state index in [1.807, 2.05) is 20.8 Å². The largest absolute Gasteiger partial charge is 0.444 e. The summed E-state index contributed by atoms with van der Waals surface area (Å²) in [4.78, 5) is 13.5. The van der Waals surface area contributed by atoms with Crippen molar-refractivity contribution < 1.29 is 9.53 Å². The van der Waals surface area contributed by atoms with E-state index >= 15 is 0 Å². The van der Waals surface area contributed by atoms with Crippen molar-refractivity contribution >= 4 is 6.09 Å². The van der Waals surface area contributed by atoms with Gasteiger partial charge in [0.15, 0.2) is 0 Å². The van der Waals surface area contributed by atoms with Crippen LogP contribution in [0, 0.1) is 13.8 Å². The summed E-state index contributed by atoms with van der Waals surface area (Å²) in [5, 5.41) is 3.46. The van der Waals surface area contributed by atoms with Crippen LogP contribution in [0.15, 0.2) is 6.07 Å². The number of rotatable bonds is 7. The van der Waals surface area contributed by atoms with E-state index in [4.69, 9.17) is 4.74 Å². The number of amides is 1. The number of hydrogen-bond donors (Lipinski definition) is 1. The minimum absolute atomic E-state index is 0.260. The lowest BCUT2D eigenvalue weighted by atomic mass is 10.2. The van der Waals surface area contributed by atoms with Crippen LogP contribution in [-0.2, 0) is 17.8 Å². The summed E-state index contributed by atoms with van der Waals surface area (Å²) < 4.78 is 7.66. The number of carbonyl (C=O) groups excluding carboxylic acids is 1. The Morgan fingerprint density at radius 1 is 1.35 bits per heavy atom. The highest BCUT2D eigenvalue weighted by Crippen LogP contribution is 2.14. The van der Waals surface area contributed by atoms with Crippen molar-refractivity contribution in [3.8, 4) is 0 Å². The lowest BCUT2D eigenvalue weighted by molar-refractivity contribution is 0.0297. The number of carbonyl (C=O) groups is 1. The van der Waals surface area contributed by atoms with Gasteiger partial charge in [-0.15, -0.1) is 0 Å². The molecule has 1 N–H and O–H groups in total. The average Bonchev–Trinajstić information content (AvgIpc) is 2.70. The number of nitrogens with zero attached hydrogens (tertiary/aromatic N) is 2. The first kappa shape index (κ1) is 19.6. The van der Waals surface area contributed by atoms with E-state index in [0.29, 0.717) is 6.54 Å². The molecule has 1 aromatic rings. The maximum Gasteiger partial charge on any atom is 0.410 e. The predicted molar refractivity (Wildman–Crippen MR) is 94.8 cm³/mol. The van der Waals surface area contributed by atoms with Crippen LogP contribution >= 0.6 is 0 Å². The topological polar surface area (TPSA) is 46.5 Å². The van der Waals surface area contributed by atoms with E-state index in [-0.39, 0.29) is 6.09 Å². The first-order valence-corrected chi connectivity index (χ1v) is 8.46. The molecular weight excluding hydrogens is 290 g/mol. The van der Waals surface area contributed by atoms with Gasteiger partial charge in [-0.25, -0.2) is 4.79 Å².